The summed E-state index contributed by atoms with van der Waals surface area (Å²) in [4.78, 5) is 28.6. The minimum absolute atomic E-state index is 0.0359. The minimum Gasteiger partial charge on any atom is -0.478 e. The molecule has 5 nitrogen and oxygen atoms in total. The zero-order valence-electron chi connectivity index (χ0n) is 20.3. The number of nitrogens with zero attached hydrogens (tertiary/aromatic N) is 2. The van der Waals surface area contributed by atoms with E-state index in [4.69, 9.17) is 5.11 Å². The van der Waals surface area contributed by atoms with Crippen LogP contribution in [0.15, 0.2) is 67.0 Å². The number of aryl methyl sites for hydroxylation is 2. The third-order valence-corrected chi connectivity index (χ3v) is 6.21. The van der Waals surface area contributed by atoms with E-state index in [2.05, 4.69) is 60.4 Å². The second-order valence-electron chi connectivity index (χ2n) is 8.68. The Hall–Kier alpha value is -3.47. The Bertz CT molecular complexity index is 1070. The molecular weight excluding hydrogens is 424 g/mol. The number of amides is 1. The largest absolute Gasteiger partial charge is 0.478 e. The van der Waals surface area contributed by atoms with E-state index >= 15 is 0 Å². The maximum atomic E-state index is 12.2. The summed E-state index contributed by atoms with van der Waals surface area (Å²) in [6.07, 6.45) is 6.75. The zero-order valence-corrected chi connectivity index (χ0v) is 20.3. The topological polar surface area (TPSA) is 70.5 Å². The third kappa shape index (κ3) is 6.10. The van der Waals surface area contributed by atoms with Gasteiger partial charge in [0.15, 0.2) is 0 Å². The number of carbonyl (C=O) groups excluding carboxylic acids is 1. The lowest BCUT2D eigenvalue weighted by molar-refractivity contribution is 0.0696. The standard InChI is InChI=1S/C16H16.C13H18N2O3/c1-12-15-8-4-2-6-13(15)10-11-14-7-3-5-9-16(12)14;1-3-5-15(6-4-2)12(16)10-7-11(13(17)18)9-14-8-10/h2-9,12H,10-11H2,1H3;7-9H,3-6H2,1-2H3,(H,17,18). The zero-order chi connectivity index (χ0) is 24.5. The molecule has 1 heterocycles. The smallest absolute Gasteiger partial charge is 0.337 e. The molecule has 1 aliphatic rings. The van der Waals surface area contributed by atoms with Gasteiger partial charge in [0.05, 0.1) is 11.1 Å². The number of hydrogen-bond donors (Lipinski definition) is 1. The first kappa shape index (κ1) is 25.2. The minimum atomic E-state index is -1.07. The van der Waals surface area contributed by atoms with Gasteiger partial charge in [-0.05, 0) is 54.0 Å². The van der Waals surface area contributed by atoms with Crippen LogP contribution in [-0.2, 0) is 12.8 Å². The van der Waals surface area contributed by atoms with Crippen LogP contribution in [0.4, 0.5) is 0 Å². The highest BCUT2D eigenvalue weighted by Gasteiger charge is 2.19. The summed E-state index contributed by atoms with van der Waals surface area (Å²) < 4.78 is 0. The van der Waals surface area contributed by atoms with Crippen LogP contribution in [0, 0.1) is 0 Å². The number of fused-ring (bicyclic) bond motifs is 2. The first-order chi connectivity index (χ1) is 16.5. The van der Waals surface area contributed by atoms with Crippen LogP contribution in [0.25, 0.3) is 0 Å². The van der Waals surface area contributed by atoms with Gasteiger partial charge in [-0.1, -0.05) is 69.3 Å². The van der Waals surface area contributed by atoms with Crippen molar-refractivity contribution in [1.29, 1.82) is 0 Å². The molecule has 1 amide bonds. The van der Waals surface area contributed by atoms with Gasteiger partial charge in [0.1, 0.15) is 0 Å². The van der Waals surface area contributed by atoms with Crippen LogP contribution in [0.5, 0.6) is 0 Å². The van der Waals surface area contributed by atoms with E-state index in [1.54, 1.807) is 4.90 Å². The summed E-state index contributed by atoms with van der Waals surface area (Å²) in [5.74, 6) is -0.695. The van der Waals surface area contributed by atoms with Crippen LogP contribution < -0.4 is 0 Å². The third-order valence-electron chi connectivity index (χ3n) is 6.21. The molecule has 0 saturated carbocycles. The molecule has 1 aromatic heterocycles. The lowest BCUT2D eigenvalue weighted by atomic mass is 9.90. The average Bonchev–Trinajstić information content (AvgIpc) is 3.01. The van der Waals surface area contributed by atoms with E-state index < -0.39 is 5.97 Å². The molecule has 1 N–H and O–H groups in total. The first-order valence-corrected chi connectivity index (χ1v) is 12.1. The maximum Gasteiger partial charge on any atom is 0.337 e. The number of benzene rings is 2. The van der Waals surface area contributed by atoms with Crippen molar-refractivity contribution in [2.45, 2.75) is 52.4 Å². The van der Waals surface area contributed by atoms with Crippen molar-refractivity contribution in [3.8, 4) is 0 Å². The second-order valence-corrected chi connectivity index (χ2v) is 8.68. The van der Waals surface area contributed by atoms with Crippen molar-refractivity contribution in [2.24, 2.45) is 0 Å². The number of rotatable bonds is 6. The van der Waals surface area contributed by atoms with Crippen molar-refractivity contribution in [2.75, 3.05) is 13.1 Å². The Morgan fingerprint density at radius 1 is 0.882 bits per heavy atom. The van der Waals surface area contributed by atoms with E-state index in [0.29, 0.717) is 24.6 Å². The van der Waals surface area contributed by atoms with Crippen LogP contribution >= 0.6 is 0 Å². The van der Waals surface area contributed by atoms with E-state index in [-0.39, 0.29) is 11.5 Å². The number of carbonyl (C=O) groups is 2. The number of carboxylic acid groups (broad SMARTS) is 1. The molecule has 3 aromatic rings. The highest BCUT2D eigenvalue weighted by Crippen LogP contribution is 2.33. The van der Waals surface area contributed by atoms with Gasteiger partial charge < -0.3 is 10.0 Å². The monoisotopic (exact) mass is 458 g/mol. The van der Waals surface area contributed by atoms with E-state index in [1.807, 2.05) is 13.8 Å². The van der Waals surface area contributed by atoms with Gasteiger partial charge in [0.25, 0.3) is 5.91 Å². The molecule has 34 heavy (non-hydrogen) atoms. The molecule has 1 aliphatic carbocycles. The molecule has 5 heteroatoms. The van der Waals surface area contributed by atoms with E-state index in [1.165, 1.54) is 53.6 Å². The fourth-order valence-corrected chi connectivity index (χ4v) is 4.52. The molecule has 0 aliphatic heterocycles. The fourth-order valence-electron chi connectivity index (χ4n) is 4.52. The second kappa shape index (κ2) is 12.1. The lowest BCUT2D eigenvalue weighted by Crippen LogP contribution is -2.32. The van der Waals surface area contributed by atoms with Gasteiger partial charge >= 0.3 is 5.97 Å². The van der Waals surface area contributed by atoms with Gasteiger partial charge in [-0.15, -0.1) is 0 Å². The molecular formula is C29H34N2O3. The van der Waals surface area contributed by atoms with Gasteiger partial charge in [-0.3, -0.25) is 9.78 Å². The Morgan fingerprint density at radius 2 is 1.38 bits per heavy atom. The molecule has 4 rings (SSSR count). The highest BCUT2D eigenvalue weighted by molar-refractivity contribution is 5.97. The average molecular weight is 459 g/mol. The summed E-state index contributed by atoms with van der Waals surface area (Å²) in [7, 11) is 0. The van der Waals surface area contributed by atoms with E-state index in [0.717, 1.165) is 12.8 Å². The maximum absolute atomic E-state index is 12.2. The summed E-state index contributed by atoms with van der Waals surface area (Å²) in [5.41, 5.74) is 6.42. The highest BCUT2D eigenvalue weighted by atomic mass is 16.4. The Labute approximate surface area is 202 Å². The SMILES string of the molecule is CC1c2ccccc2CCc2ccccc21.CCCN(CCC)C(=O)c1cncc(C(=O)O)c1. The molecule has 0 saturated heterocycles. The molecule has 0 radical (unpaired) electrons. The Balaban J connectivity index is 0.000000191. The predicted molar refractivity (Wildman–Crippen MR) is 135 cm³/mol. The lowest BCUT2D eigenvalue weighted by Gasteiger charge is -2.21. The van der Waals surface area contributed by atoms with Gasteiger partial charge in [-0.2, -0.15) is 0 Å². The number of aromatic nitrogens is 1. The Kier molecular flexibility index (Phi) is 8.97. The van der Waals surface area contributed by atoms with Crippen molar-refractivity contribution in [1.82, 2.24) is 9.88 Å². The number of aromatic carboxylic acids is 1. The van der Waals surface area contributed by atoms with Gasteiger partial charge in [0.2, 0.25) is 0 Å². The summed E-state index contributed by atoms with van der Waals surface area (Å²) in [6, 6.07) is 19.1. The summed E-state index contributed by atoms with van der Waals surface area (Å²) >= 11 is 0. The fraction of sp³-hybridized carbons (Fsp3) is 0.345. The van der Waals surface area contributed by atoms with Gasteiger partial charge in [0, 0.05) is 31.4 Å². The van der Waals surface area contributed by atoms with Crippen molar-refractivity contribution in [3.05, 3.63) is 100 Å². The molecule has 0 fully saturated rings. The number of carboxylic acids is 1. The normalized spacial score (nSPS) is 12.4. The quantitative estimate of drug-likeness (QED) is 0.493. The summed E-state index contributed by atoms with van der Waals surface area (Å²) in [6.45, 7) is 7.67. The van der Waals surface area contributed by atoms with Crippen molar-refractivity contribution >= 4 is 11.9 Å². The van der Waals surface area contributed by atoms with Crippen molar-refractivity contribution < 1.29 is 14.7 Å². The first-order valence-electron chi connectivity index (χ1n) is 12.1. The van der Waals surface area contributed by atoms with Crippen molar-refractivity contribution in [3.63, 3.8) is 0 Å². The van der Waals surface area contributed by atoms with E-state index in [9.17, 15) is 9.59 Å². The predicted octanol–water partition coefficient (Wildman–Crippen LogP) is 5.98. The molecule has 0 bridgehead atoms. The van der Waals surface area contributed by atoms with Crippen LogP contribution in [0.1, 0.15) is 82.5 Å². The summed E-state index contributed by atoms with van der Waals surface area (Å²) in [5, 5.41) is 8.87. The molecule has 2 aromatic carbocycles. The molecule has 0 atom stereocenters. The van der Waals surface area contributed by atoms with Gasteiger partial charge in [-0.25, -0.2) is 4.79 Å². The van der Waals surface area contributed by atoms with Crippen LogP contribution in [-0.4, -0.2) is 40.0 Å². The van der Waals surface area contributed by atoms with Crippen LogP contribution in [0.3, 0.4) is 0 Å². The number of hydrogen-bond acceptors (Lipinski definition) is 3. The molecule has 178 valence electrons. The Morgan fingerprint density at radius 3 is 1.88 bits per heavy atom. The van der Waals surface area contributed by atoms with Crippen LogP contribution in [0.2, 0.25) is 0 Å². The molecule has 0 spiro atoms. The number of pyridine rings is 1. The molecule has 0 unspecified atom stereocenters.